The second-order valence-electron chi connectivity index (χ2n) is 9.05. The molecule has 0 rings (SSSR count). The Labute approximate surface area is 182 Å². The van der Waals surface area contributed by atoms with E-state index in [9.17, 15) is 4.79 Å². The number of carbonyl (C=O) groups is 1. The topological polar surface area (TPSA) is 46.5 Å². The molecule has 174 valence electrons. The molecule has 0 bridgehead atoms. The maximum Gasteiger partial charge on any atom is 0.303 e. The fourth-order valence-electron chi connectivity index (χ4n) is 2.89. The lowest BCUT2D eigenvalue weighted by Crippen LogP contribution is -2.06. The van der Waals surface area contributed by atoms with E-state index in [4.69, 9.17) is 9.84 Å². The first-order valence-electron chi connectivity index (χ1n) is 12.3. The molecular weight excluding hydrogens is 360 g/mol. The molecule has 0 unspecified atom stereocenters. The van der Waals surface area contributed by atoms with Gasteiger partial charge in [-0.25, -0.2) is 0 Å². The lowest BCUT2D eigenvalue weighted by molar-refractivity contribution is -0.137. The summed E-state index contributed by atoms with van der Waals surface area (Å²) >= 11 is 0. The van der Waals surface area contributed by atoms with Crippen LogP contribution in [0.15, 0.2) is 12.2 Å². The van der Waals surface area contributed by atoms with E-state index >= 15 is 0 Å². The van der Waals surface area contributed by atoms with E-state index < -0.39 is 5.97 Å². The highest BCUT2D eigenvalue weighted by Gasteiger charge is 1.96. The van der Waals surface area contributed by atoms with Crippen molar-refractivity contribution in [3.63, 3.8) is 0 Å². The van der Waals surface area contributed by atoms with Crippen molar-refractivity contribution in [3.05, 3.63) is 12.2 Å². The predicted octanol–water partition coefficient (Wildman–Crippen LogP) is 8.42. The van der Waals surface area contributed by atoms with E-state index in [2.05, 4.69) is 46.8 Å². The van der Waals surface area contributed by atoms with Gasteiger partial charge in [0.05, 0.1) is 0 Å². The van der Waals surface area contributed by atoms with Gasteiger partial charge in [0.15, 0.2) is 0 Å². The molecule has 0 heterocycles. The lowest BCUT2D eigenvalue weighted by atomic mass is 10.1. The van der Waals surface area contributed by atoms with Gasteiger partial charge in [0, 0.05) is 19.6 Å². The Morgan fingerprint density at radius 1 is 0.724 bits per heavy atom. The third kappa shape index (κ3) is 35.0. The maximum atomic E-state index is 10.3. The van der Waals surface area contributed by atoms with Crippen molar-refractivity contribution in [2.45, 2.75) is 125 Å². The summed E-state index contributed by atoms with van der Waals surface area (Å²) in [6.07, 6.45) is 21.2. The third-order valence-corrected chi connectivity index (χ3v) is 4.55. The minimum Gasteiger partial charge on any atom is -0.481 e. The van der Waals surface area contributed by atoms with Gasteiger partial charge in [0.1, 0.15) is 0 Å². The van der Waals surface area contributed by atoms with Gasteiger partial charge in [0.25, 0.3) is 0 Å². The SMILES string of the molecule is CC(C)COCC(C)C.CCCCCCCC/C=C\CCCCCCCC(=O)O. The second kappa shape index (κ2) is 25.2. The highest BCUT2D eigenvalue weighted by molar-refractivity contribution is 5.66. The number of aliphatic carboxylic acids is 1. The molecule has 3 heteroatoms. The molecule has 0 aliphatic rings. The number of rotatable bonds is 19. The summed E-state index contributed by atoms with van der Waals surface area (Å²) in [7, 11) is 0. The molecule has 0 spiro atoms. The van der Waals surface area contributed by atoms with Gasteiger partial charge in [0.2, 0.25) is 0 Å². The normalized spacial score (nSPS) is 11.3. The van der Waals surface area contributed by atoms with Crippen LogP contribution in [0, 0.1) is 11.8 Å². The average Bonchev–Trinajstić information content (AvgIpc) is 2.64. The first kappa shape index (κ1) is 30.4. The molecule has 0 radical (unpaired) electrons. The van der Waals surface area contributed by atoms with Gasteiger partial charge >= 0.3 is 5.97 Å². The van der Waals surface area contributed by atoms with Gasteiger partial charge < -0.3 is 9.84 Å². The van der Waals surface area contributed by atoms with Gasteiger partial charge in [-0.15, -0.1) is 0 Å². The Bertz CT molecular complexity index is 340. The molecule has 0 aliphatic heterocycles. The number of unbranched alkanes of at least 4 members (excludes halogenated alkanes) is 11. The van der Waals surface area contributed by atoms with Crippen molar-refractivity contribution in [2.24, 2.45) is 11.8 Å². The van der Waals surface area contributed by atoms with Crippen LogP contribution in [0.5, 0.6) is 0 Å². The van der Waals surface area contributed by atoms with E-state index in [-0.39, 0.29) is 0 Å². The number of allylic oxidation sites excluding steroid dienone is 2. The first-order chi connectivity index (χ1) is 13.9. The molecule has 3 nitrogen and oxygen atoms in total. The molecule has 0 aromatic heterocycles. The quantitative estimate of drug-likeness (QED) is 0.171. The molecular formula is C26H52O3. The van der Waals surface area contributed by atoms with Crippen LogP contribution in [-0.2, 0) is 9.53 Å². The summed E-state index contributed by atoms with van der Waals surface area (Å²) in [5, 5.41) is 8.51. The van der Waals surface area contributed by atoms with Crippen LogP contribution in [0.1, 0.15) is 125 Å². The van der Waals surface area contributed by atoms with E-state index in [1.54, 1.807) is 0 Å². The number of ether oxygens (including phenoxy) is 1. The minimum absolute atomic E-state index is 0.332. The summed E-state index contributed by atoms with van der Waals surface area (Å²) in [6, 6.07) is 0. The molecule has 0 aromatic rings. The van der Waals surface area contributed by atoms with Crippen LogP contribution in [0.3, 0.4) is 0 Å². The Balaban J connectivity index is 0. The fraction of sp³-hybridized carbons (Fsp3) is 0.885. The largest absolute Gasteiger partial charge is 0.481 e. The zero-order valence-electron chi connectivity index (χ0n) is 20.4. The number of carboxylic acid groups (broad SMARTS) is 1. The summed E-state index contributed by atoms with van der Waals surface area (Å²) in [4.78, 5) is 10.3. The minimum atomic E-state index is -0.664. The number of hydrogen-bond donors (Lipinski definition) is 1. The highest BCUT2D eigenvalue weighted by Crippen LogP contribution is 2.09. The Hall–Kier alpha value is -0.830. The molecule has 0 fully saturated rings. The van der Waals surface area contributed by atoms with Gasteiger partial charge in [-0.3, -0.25) is 4.79 Å². The monoisotopic (exact) mass is 412 g/mol. The second-order valence-corrected chi connectivity index (χ2v) is 9.05. The number of hydrogen-bond acceptors (Lipinski definition) is 2. The van der Waals surface area contributed by atoms with Crippen molar-refractivity contribution >= 4 is 5.97 Å². The predicted molar refractivity (Wildman–Crippen MR) is 128 cm³/mol. The smallest absolute Gasteiger partial charge is 0.303 e. The summed E-state index contributed by atoms with van der Waals surface area (Å²) in [5.74, 6) is 0.676. The lowest BCUT2D eigenvalue weighted by Gasteiger charge is -2.07. The zero-order valence-corrected chi connectivity index (χ0v) is 20.4. The standard InChI is InChI=1S/C18H34O2.C8H18O/c1-2-3-4-5-6-7-8-9-10-11-12-13-14-15-16-17-18(19)20;1-7(2)5-9-6-8(3)4/h9-10H,2-8,11-17H2,1H3,(H,19,20);7-8H,5-6H2,1-4H3/b10-9-;. The highest BCUT2D eigenvalue weighted by atomic mass is 16.5. The van der Waals surface area contributed by atoms with Crippen LogP contribution >= 0.6 is 0 Å². The van der Waals surface area contributed by atoms with Gasteiger partial charge in [-0.05, 0) is 43.9 Å². The average molecular weight is 413 g/mol. The molecule has 0 aliphatic carbocycles. The Morgan fingerprint density at radius 3 is 1.55 bits per heavy atom. The summed E-state index contributed by atoms with van der Waals surface area (Å²) < 4.78 is 5.36. The van der Waals surface area contributed by atoms with Crippen LogP contribution in [-0.4, -0.2) is 24.3 Å². The van der Waals surface area contributed by atoms with Crippen LogP contribution < -0.4 is 0 Å². The van der Waals surface area contributed by atoms with Crippen molar-refractivity contribution in [3.8, 4) is 0 Å². The van der Waals surface area contributed by atoms with E-state index in [0.29, 0.717) is 18.3 Å². The van der Waals surface area contributed by atoms with Crippen LogP contribution in [0.4, 0.5) is 0 Å². The molecule has 0 atom stereocenters. The first-order valence-corrected chi connectivity index (χ1v) is 12.3. The Morgan fingerprint density at radius 2 is 1.14 bits per heavy atom. The molecule has 29 heavy (non-hydrogen) atoms. The van der Waals surface area contributed by atoms with Gasteiger partial charge in [-0.2, -0.15) is 0 Å². The zero-order chi connectivity index (χ0) is 22.2. The Kier molecular flexibility index (Phi) is 26.4. The van der Waals surface area contributed by atoms with Crippen LogP contribution in [0.2, 0.25) is 0 Å². The maximum absolute atomic E-state index is 10.3. The molecule has 1 N–H and O–H groups in total. The van der Waals surface area contributed by atoms with E-state index in [1.807, 2.05) is 0 Å². The van der Waals surface area contributed by atoms with Crippen LogP contribution in [0.25, 0.3) is 0 Å². The summed E-state index contributed by atoms with van der Waals surface area (Å²) in [6.45, 7) is 12.7. The number of carboxylic acids is 1. The fourth-order valence-corrected chi connectivity index (χ4v) is 2.89. The van der Waals surface area contributed by atoms with E-state index in [0.717, 1.165) is 26.1 Å². The molecule has 0 saturated heterocycles. The molecule has 0 saturated carbocycles. The van der Waals surface area contributed by atoms with Crippen molar-refractivity contribution < 1.29 is 14.6 Å². The van der Waals surface area contributed by atoms with E-state index in [1.165, 1.54) is 70.6 Å². The van der Waals surface area contributed by atoms with Gasteiger partial charge in [-0.1, -0.05) is 98.1 Å². The van der Waals surface area contributed by atoms with Crippen molar-refractivity contribution in [2.75, 3.05) is 13.2 Å². The van der Waals surface area contributed by atoms with Crippen molar-refractivity contribution in [1.29, 1.82) is 0 Å². The molecule has 0 amide bonds. The summed E-state index contributed by atoms with van der Waals surface area (Å²) in [5.41, 5.74) is 0. The third-order valence-electron chi connectivity index (χ3n) is 4.55. The van der Waals surface area contributed by atoms with Crippen molar-refractivity contribution in [1.82, 2.24) is 0 Å². The molecule has 0 aromatic carbocycles.